The molecule has 0 unspecified atom stereocenters. The largest absolute Gasteiger partial charge is 0.208 e. The Kier molecular flexibility index (Phi) is 14.6. The van der Waals surface area contributed by atoms with Gasteiger partial charge in [0.05, 0.1) is 0 Å². The summed E-state index contributed by atoms with van der Waals surface area (Å²) in [5, 5.41) is 5.23. The molecule has 0 amide bonds. The molecular weight excluding hydrogens is 496 g/mol. The van der Waals surface area contributed by atoms with Gasteiger partial charge >= 0.3 is 0 Å². The Balaban J connectivity index is 1.87. The van der Waals surface area contributed by atoms with Crippen molar-refractivity contribution in [2.75, 3.05) is 6.54 Å². The van der Waals surface area contributed by atoms with Crippen LogP contribution < -0.4 is 0 Å². The number of hydrogen-bond donors (Lipinski definition) is 0. The zero-order chi connectivity index (χ0) is 29.3. The van der Waals surface area contributed by atoms with E-state index in [-0.39, 0.29) is 0 Å². The van der Waals surface area contributed by atoms with Gasteiger partial charge in [0.1, 0.15) is 5.69 Å². The van der Waals surface area contributed by atoms with Crippen molar-refractivity contribution in [2.45, 2.75) is 118 Å². The highest BCUT2D eigenvalue weighted by Crippen LogP contribution is 2.28. The first-order valence-corrected chi connectivity index (χ1v) is 16.6. The molecule has 3 aromatic rings. The van der Waals surface area contributed by atoms with Gasteiger partial charge in [-0.05, 0) is 96.2 Å². The third kappa shape index (κ3) is 10.7. The molecule has 0 atom stereocenters. The molecule has 0 spiro atoms. The van der Waals surface area contributed by atoms with Crippen LogP contribution in [0.15, 0.2) is 77.5 Å². The minimum atomic E-state index is 0.850. The number of benzene rings is 3. The summed E-state index contributed by atoms with van der Waals surface area (Å²) in [7, 11) is 0. The van der Waals surface area contributed by atoms with E-state index in [1.807, 2.05) is 0 Å². The number of nitrogens with zero attached hydrogens (tertiary/aromatic N) is 2. The summed E-state index contributed by atoms with van der Waals surface area (Å²) in [6.45, 7) is 12.2. The van der Waals surface area contributed by atoms with E-state index in [1.54, 1.807) is 5.56 Å². The first kappa shape index (κ1) is 32.5. The fraction of sp³-hybridized carbons (Fsp3) is 0.487. The maximum Gasteiger partial charge on any atom is 0.208 e. The van der Waals surface area contributed by atoms with Gasteiger partial charge in [0.15, 0.2) is 6.54 Å². The second-order valence-electron chi connectivity index (χ2n) is 11.5. The van der Waals surface area contributed by atoms with E-state index in [4.69, 9.17) is 5.11 Å². The summed E-state index contributed by atoms with van der Waals surface area (Å²) in [4.78, 5) is 0. The van der Waals surface area contributed by atoms with Gasteiger partial charge in [0.2, 0.25) is 5.70 Å². The molecule has 0 heterocycles. The Morgan fingerprint density at radius 1 is 0.683 bits per heavy atom. The Morgan fingerprint density at radius 2 is 1.34 bits per heavy atom. The molecule has 0 saturated carbocycles. The molecule has 0 aliphatic rings. The molecule has 0 saturated heterocycles. The van der Waals surface area contributed by atoms with Crippen molar-refractivity contribution >= 4 is 11.8 Å². The third-order valence-corrected chi connectivity index (χ3v) is 8.19. The SMILES string of the molecule is CCCCCCCCc1cc(N=[N+](CC)C(=Cc2cccc(-c3ccccc3)c2)CC)cc(C)c1CCCCCC. The van der Waals surface area contributed by atoms with Gasteiger partial charge in [-0.25, -0.2) is 0 Å². The molecule has 0 aliphatic carbocycles. The second kappa shape index (κ2) is 18.4. The summed E-state index contributed by atoms with van der Waals surface area (Å²) in [5.74, 6) is 0. The predicted octanol–water partition coefficient (Wildman–Crippen LogP) is 12.3. The van der Waals surface area contributed by atoms with Crippen LogP contribution in [0.2, 0.25) is 0 Å². The summed E-state index contributed by atoms with van der Waals surface area (Å²) >= 11 is 0. The fourth-order valence-electron chi connectivity index (χ4n) is 5.80. The van der Waals surface area contributed by atoms with Gasteiger partial charge in [-0.1, -0.05) is 125 Å². The lowest BCUT2D eigenvalue weighted by Crippen LogP contribution is -2.08. The highest BCUT2D eigenvalue weighted by molar-refractivity contribution is 5.67. The van der Waals surface area contributed by atoms with Crippen molar-refractivity contribution in [2.24, 2.45) is 5.11 Å². The molecule has 220 valence electrons. The van der Waals surface area contributed by atoms with Crippen LogP contribution in [0.3, 0.4) is 0 Å². The first-order chi connectivity index (χ1) is 20.1. The van der Waals surface area contributed by atoms with E-state index < -0.39 is 0 Å². The number of aryl methyl sites for hydroxylation is 2. The average Bonchev–Trinajstić information content (AvgIpc) is 3.00. The van der Waals surface area contributed by atoms with Crippen molar-refractivity contribution < 1.29 is 4.70 Å². The molecule has 2 heteroatoms. The lowest BCUT2D eigenvalue weighted by Gasteiger charge is -2.14. The summed E-state index contributed by atoms with van der Waals surface area (Å²) in [6.07, 6.45) is 18.9. The van der Waals surface area contributed by atoms with Crippen LogP contribution >= 0.6 is 0 Å². The van der Waals surface area contributed by atoms with Crippen molar-refractivity contribution in [1.29, 1.82) is 0 Å². The Morgan fingerprint density at radius 3 is 2.05 bits per heavy atom. The molecule has 3 rings (SSSR count). The van der Waals surface area contributed by atoms with Crippen LogP contribution in [0.25, 0.3) is 17.2 Å². The van der Waals surface area contributed by atoms with Gasteiger partial charge in [0, 0.05) is 12.5 Å². The Bertz CT molecular complexity index is 1240. The van der Waals surface area contributed by atoms with Gasteiger partial charge in [0.25, 0.3) is 0 Å². The lowest BCUT2D eigenvalue weighted by molar-refractivity contribution is -0.539. The van der Waals surface area contributed by atoms with E-state index in [1.165, 1.54) is 111 Å². The Labute approximate surface area is 251 Å². The van der Waals surface area contributed by atoms with Crippen molar-refractivity contribution in [3.8, 4) is 11.1 Å². The molecule has 2 nitrogen and oxygen atoms in total. The third-order valence-electron chi connectivity index (χ3n) is 8.19. The molecule has 0 radical (unpaired) electrons. The molecule has 0 N–H and O–H groups in total. The lowest BCUT2D eigenvalue weighted by atomic mass is 9.92. The average molecular weight is 552 g/mol. The van der Waals surface area contributed by atoms with Crippen molar-refractivity contribution in [3.63, 3.8) is 0 Å². The second-order valence-corrected chi connectivity index (χ2v) is 11.5. The van der Waals surface area contributed by atoms with Crippen LogP contribution in [-0.2, 0) is 12.8 Å². The van der Waals surface area contributed by atoms with Crippen molar-refractivity contribution in [3.05, 3.63) is 94.7 Å². The zero-order valence-corrected chi connectivity index (χ0v) is 26.7. The number of hydrogen-bond acceptors (Lipinski definition) is 1. The highest BCUT2D eigenvalue weighted by atomic mass is 15.3. The van der Waals surface area contributed by atoms with E-state index in [0.717, 1.165) is 18.7 Å². The van der Waals surface area contributed by atoms with Crippen LogP contribution in [0, 0.1) is 6.92 Å². The monoisotopic (exact) mass is 551 g/mol. The van der Waals surface area contributed by atoms with E-state index in [0.29, 0.717) is 0 Å². The quantitative estimate of drug-likeness (QED) is 0.0848. The number of rotatable bonds is 18. The molecule has 41 heavy (non-hydrogen) atoms. The van der Waals surface area contributed by atoms with Crippen LogP contribution in [0.1, 0.15) is 121 Å². The maximum absolute atomic E-state index is 5.23. The van der Waals surface area contributed by atoms with Gasteiger partial charge in [-0.2, -0.15) is 0 Å². The van der Waals surface area contributed by atoms with Crippen LogP contribution in [0.5, 0.6) is 0 Å². The normalized spacial score (nSPS) is 12.2. The summed E-state index contributed by atoms with van der Waals surface area (Å²) in [5.41, 5.74) is 10.6. The molecule has 3 aromatic carbocycles. The van der Waals surface area contributed by atoms with E-state index >= 15 is 0 Å². The molecule has 0 bridgehead atoms. The zero-order valence-electron chi connectivity index (χ0n) is 26.7. The number of unbranched alkanes of at least 4 members (excludes halogenated alkanes) is 8. The summed E-state index contributed by atoms with van der Waals surface area (Å²) < 4.78 is 2.21. The summed E-state index contributed by atoms with van der Waals surface area (Å²) in [6, 6.07) is 24.2. The number of allylic oxidation sites excluding steroid dienone is 1. The van der Waals surface area contributed by atoms with Gasteiger partial charge in [-0.3, -0.25) is 0 Å². The van der Waals surface area contributed by atoms with E-state index in [9.17, 15) is 0 Å². The fourth-order valence-corrected chi connectivity index (χ4v) is 5.80. The number of azo groups is 2. The minimum absolute atomic E-state index is 0.850. The van der Waals surface area contributed by atoms with Gasteiger partial charge in [-0.15, -0.1) is 0 Å². The smallest absolute Gasteiger partial charge is 0.0882 e. The van der Waals surface area contributed by atoms with E-state index in [2.05, 4.69) is 112 Å². The standard InChI is InChI=1S/C39H55N2/c1-6-10-12-14-15-17-25-36-31-37(28-32(5)39(36)27-20-13-11-7-2)40-41(9-4)38(8-3)30-33-22-21-26-35(29-33)34-23-18-16-19-24-34/h16,18-19,21-24,26,28-31H,6-15,17,20,25,27H2,1-5H3/q+1. The molecular formula is C39H55N2+. The topological polar surface area (TPSA) is 15.4 Å². The molecule has 0 fully saturated rings. The van der Waals surface area contributed by atoms with Crippen LogP contribution in [0.4, 0.5) is 5.69 Å². The van der Waals surface area contributed by atoms with Crippen LogP contribution in [-0.4, -0.2) is 11.2 Å². The molecule has 0 aliphatic heterocycles. The molecule has 0 aromatic heterocycles. The highest BCUT2D eigenvalue weighted by Gasteiger charge is 2.15. The Hall–Kier alpha value is -3.00. The predicted molar refractivity (Wildman–Crippen MR) is 179 cm³/mol. The maximum atomic E-state index is 5.23. The van der Waals surface area contributed by atoms with Crippen molar-refractivity contribution in [1.82, 2.24) is 0 Å². The minimum Gasteiger partial charge on any atom is -0.0882 e. The first-order valence-electron chi connectivity index (χ1n) is 16.6. The van der Waals surface area contributed by atoms with Gasteiger partial charge < -0.3 is 0 Å².